The average Bonchev–Trinajstić information content (AvgIpc) is 0.762. The third kappa shape index (κ3) is 19.4. The summed E-state index contributed by atoms with van der Waals surface area (Å²) in [7, 11) is 1.48. The Balaban J connectivity index is 0.973. The fraction of sp³-hybridized carbons (Fsp3) is 0.349. The van der Waals surface area contributed by atoms with E-state index in [4.69, 9.17) is 57.4 Å². The van der Waals surface area contributed by atoms with Crippen molar-refractivity contribution in [3.8, 4) is 79.4 Å². The Hall–Kier alpha value is -12.2. The van der Waals surface area contributed by atoms with E-state index in [1.54, 1.807) is 13.8 Å². The summed E-state index contributed by atoms with van der Waals surface area (Å²) in [6.45, 7) is 7.91. The normalized spacial score (nSPS) is 26.1. The molecule has 123 heavy (non-hydrogen) atoms. The predicted octanol–water partition coefficient (Wildman–Crippen LogP) is 6.90. The molecule has 35 nitrogen and oxygen atoms in total. The summed E-state index contributed by atoms with van der Waals surface area (Å²) >= 11 is 14.5. The molecule has 19 N–H and O–H groups in total. The van der Waals surface area contributed by atoms with Gasteiger partial charge in [0.05, 0.1) is 47.4 Å². The summed E-state index contributed by atoms with van der Waals surface area (Å²) in [6, 6.07) is 24.1. The molecular weight excluding hydrogens is 1640 g/mol. The number of likely N-dealkylation sites (N-methyl/N-ethyl adjacent to an activating group) is 1. The zero-order valence-electron chi connectivity index (χ0n) is 66.8. The molecule has 646 valence electrons. The molecule has 0 saturated carbocycles. The standard InChI is InChI=1S/C86H90Cl2N12O23/c1-37(2)24-54(91-6)78(110)98-69-71(106)48-25-38(3)74(53(88)28-48)120-60-30-47-29-59(75(60)123-85-76(73(108)72(107)61(121-85)36-93-100-90)122-63-34-86(5,77(109)39(4)118-63)92-35-40-12-14-42(15-13-40)44-18-16-43(17-19-44)41-10-8-7-9-11-41)119-58-23-21-46(27-52(58)87)70(105)68-83(115)97-67(84(116)117)51-31-49(101)32-57(103)64(51)50-26-45(20-22-56(50)102)65(80(112)99-68)96-81(113)66(47)95-79(111)55(33-62(89)104)94-82(69)114/h7-23,25-32,37,39,54-55,61,63,65-73,76-77,85,91-92,101-103,105-109H,24,33-36H2,1-6H3,(H2,89,104)(H,94,114)(H,95,111)(H,96,113)(H,97,115)(H,98,110)(H,99,112)(H,116,117)/t39?,54-,55+,61?,63?,65-,66-,67-,68+,69-,70-,71-,72?,73?,76?,77?,85?,86?/m1/s1. The minimum absolute atomic E-state index is 0.0363. The first-order valence-corrected chi connectivity index (χ1v) is 39.9. The Morgan fingerprint density at radius 1 is 0.683 bits per heavy atom. The lowest BCUT2D eigenvalue weighted by atomic mass is 9.84. The number of aryl methyl sites for hydroxylation is 1. The lowest BCUT2D eigenvalue weighted by molar-refractivity contribution is -0.331. The molecule has 11 bridgehead atoms. The second-order valence-corrected chi connectivity index (χ2v) is 32.1. The van der Waals surface area contributed by atoms with Crippen molar-refractivity contribution in [3.05, 3.63) is 211 Å². The van der Waals surface area contributed by atoms with Gasteiger partial charge in [0, 0.05) is 46.2 Å². The fourth-order valence-electron chi connectivity index (χ4n) is 15.6. The van der Waals surface area contributed by atoms with E-state index < -0.39 is 237 Å². The van der Waals surface area contributed by atoms with Gasteiger partial charge in [-0.2, -0.15) is 0 Å². The minimum Gasteiger partial charge on any atom is -0.508 e. The van der Waals surface area contributed by atoms with E-state index in [-0.39, 0.29) is 58.3 Å². The third-order valence-corrected chi connectivity index (χ3v) is 22.7. The van der Waals surface area contributed by atoms with Gasteiger partial charge < -0.3 is 123 Å². The van der Waals surface area contributed by atoms with Crippen molar-refractivity contribution in [2.24, 2.45) is 16.8 Å². The number of carboxylic acid groups (broad SMARTS) is 1. The maximum absolute atomic E-state index is 16.3. The number of benzene rings is 8. The smallest absolute Gasteiger partial charge is 0.330 e. The first-order valence-electron chi connectivity index (χ1n) is 39.2. The molecule has 2 saturated heterocycles. The van der Waals surface area contributed by atoms with Crippen molar-refractivity contribution < 1.29 is 113 Å². The Labute approximate surface area is 712 Å². The Morgan fingerprint density at radius 2 is 1.32 bits per heavy atom. The van der Waals surface area contributed by atoms with E-state index in [0.29, 0.717) is 0 Å². The van der Waals surface area contributed by atoms with Gasteiger partial charge in [-0.15, -0.1) is 0 Å². The number of azide groups is 1. The highest BCUT2D eigenvalue weighted by Crippen LogP contribution is 2.51. The Morgan fingerprint density at radius 3 is 1.96 bits per heavy atom. The van der Waals surface area contributed by atoms with E-state index >= 15 is 24.0 Å². The number of rotatable bonds is 19. The molecule has 18 atom stereocenters. The second kappa shape index (κ2) is 37.3. The SMILES string of the molecule is CN[C@H](CC(C)C)C(=O)N[C@H]1C(=O)N[C@@H](CC(N)=O)C(=O)N[C@H]2C(=O)N[C@H]3C(=O)N[C@H](C(=O)N[C@@H](C(=O)O)c4cc(O)cc(O)c4-c4cc3ccc4O)[C@H](O)c3ccc(c(Cl)c3)Oc3cc2cc(c3OC2OC(CN=[N+]=[N-])C(O)C(O)C2OC2CC(C)(NCc3ccc(-c4ccc(-c5ccccc5)cc4)cc3)C(O)C(C)O2)Oc2c(C)cc(cc2Cl)[C@H]1O. The number of phenolic OH excluding ortho intramolecular Hbond substituents is 3. The van der Waals surface area contributed by atoms with Crippen LogP contribution in [0.1, 0.15) is 116 Å². The maximum atomic E-state index is 16.3. The Bertz CT molecular complexity index is 5420. The molecule has 37 heteroatoms. The lowest BCUT2D eigenvalue weighted by Gasteiger charge is -2.48. The number of ether oxygens (including phenoxy) is 6. The second-order valence-electron chi connectivity index (χ2n) is 31.3. The van der Waals surface area contributed by atoms with E-state index in [0.717, 1.165) is 94.5 Å². The van der Waals surface area contributed by atoms with E-state index in [1.807, 2.05) is 92.7 Å². The maximum Gasteiger partial charge on any atom is 0.330 e. The first-order chi connectivity index (χ1) is 58.6. The highest BCUT2D eigenvalue weighted by Gasteiger charge is 2.52. The van der Waals surface area contributed by atoms with Crippen LogP contribution in [0, 0.1) is 12.8 Å². The number of halogens is 2. The van der Waals surface area contributed by atoms with Crippen molar-refractivity contribution in [3.63, 3.8) is 0 Å². The van der Waals surface area contributed by atoms with Gasteiger partial charge in [-0.1, -0.05) is 133 Å². The number of aromatic hydroxyl groups is 3. The van der Waals surface area contributed by atoms with Gasteiger partial charge in [-0.25, -0.2) is 4.79 Å². The molecule has 15 rings (SSSR count). The van der Waals surface area contributed by atoms with Crippen molar-refractivity contribution in [2.75, 3.05) is 13.6 Å². The lowest BCUT2D eigenvalue weighted by Crippen LogP contribution is -2.65. The van der Waals surface area contributed by atoms with Gasteiger partial charge in [0.15, 0.2) is 29.9 Å². The van der Waals surface area contributed by atoms with Crippen LogP contribution in [-0.2, 0) is 59.1 Å². The van der Waals surface area contributed by atoms with E-state index in [1.165, 1.54) is 20.0 Å². The summed E-state index contributed by atoms with van der Waals surface area (Å²) in [5.41, 5.74) is 16.3. The largest absolute Gasteiger partial charge is 0.508 e. The average molecular weight is 1730 g/mol. The van der Waals surface area contributed by atoms with Crippen LogP contribution in [-0.4, -0.2) is 186 Å². The summed E-state index contributed by atoms with van der Waals surface area (Å²) in [6.07, 6.45) is -18.8. The number of nitrogens with one attached hydrogen (secondary N) is 8. The molecule has 2 fully saturated rings. The fourth-order valence-corrected chi connectivity index (χ4v) is 16.2. The van der Waals surface area contributed by atoms with E-state index in [9.17, 15) is 65.9 Å². The van der Waals surface area contributed by atoms with Crippen LogP contribution in [0.25, 0.3) is 43.8 Å². The van der Waals surface area contributed by atoms with Gasteiger partial charge in [0.25, 0.3) is 0 Å². The number of carboxylic acids is 1. The van der Waals surface area contributed by atoms with Crippen LogP contribution in [0.5, 0.6) is 46.0 Å². The highest BCUT2D eigenvalue weighted by molar-refractivity contribution is 6.32. The number of aliphatic hydroxyl groups is 5. The number of carbonyl (C=O) groups is 8. The van der Waals surface area contributed by atoms with Crippen molar-refractivity contribution in [1.82, 2.24) is 42.5 Å². The molecule has 0 aliphatic carbocycles. The summed E-state index contributed by atoms with van der Waals surface area (Å²) in [5, 5.41) is 131. The first kappa shape index (κ1) is 88.6. The summed E-state index contributed by atoms with van der Waals surface area (Å²) in [5.74, 6) is -16.1. The van der Waals surface area contributed by atoms with Crippen molar-refractivity contribution in [1.29, 1.82) is 0 Å². The van der Waals surface area contributed by atoms with Crippen LogP contribution in [0.2, 0.25) is 10.0 Å². The molecule has 8 aromatic rings. The number of primary amides is 1. The number of hydrogen-bond donors (Lipinski definition) is 18. The molecule has 0 radical (unpaired) electrons. The quantitative estimate of drug-likeness (QED) is 0.0222. The van der Waals surface area contributed by atoms with Crippen LogP contribution in [0.4, 0.5) is 0 Å². The van der Waals surface area contributed by atoms with Gasteiger partial charge in [-0.05, 0) is 156 Å². The molecule has 7 heterocycles. The number of nitrogens with zero attached hydrogens (tertiary/aromatic N) is 3. The number of phenols is 3. The number of aliphatic carboxylic acids is 1. The van der Waals surface area contributed by atoms with Crippen LogP contribution in [0.3, 0.4) is 0 Å². The zero-order valence-corrected chi connectivity index (χ0v) is 68.3. The predicted molar refractivity (Wildman–Crippen MR) is 441 cm³/mol. The van der Waals surface area contributed by atoms with Crippen molar-refractivity contribution in [2.45, 2.75) is 170 Å². The molecule has 9 unspecified atom stereocenters. The molecule has 7 amide bonds. The molecular formula is C86H90Cl2N12O23. The number of hydrogen-bond acceptors (Lipinski definition) is 25. The number of amides is 7. The third-order valence-electron chi connectivity index (χ3n) is 22.1. The number of aliphatic hydroxyl groups excluding tert-OH is 5. The molecule has 8 aromatic carbocycles. The van der Waals surface area contributed by atoms with Crippen LogP contribution >= 0.6 is 23.2 Å². The van der Waals surface area contributed by atoms with Crippen LogP contribution in [0.15, 0.2) is 157 Å². The van der Waals surface area contributed by atoms with Gasteiger partial charge in [0.2, 0.25) is 53.4 Å². The summed E-state index contributed by atoms with van der Waals surface area (Å²) < 4.78 is 40.2. The molecule has 7 aliphatic rings. The molecule has 0 spiro atoms. The van der Waals surface area contributed by atoms with E-state index in [2.05, 4.69) is 52.6 Å². The molecule has 0 aromatic heterocycles. The monoisotopic (exact) mass is 1730 g/mol. The number of nitrogens with two attached hydrogens (primary N) is 1. The topological polar surface area (TPSA) is 545 Å². The van der Waals surface area contributed by atoms with Crippen molar-refractivity contribution >= 4 is 70.5 Å². The highest BCUT2D eigenvalue weighted by atomic mass is 35.5. The van der Waals surface area contributed by atoms with Gasteiger partial charge >= 0.3 is 5.97 Å². The van der Waals surface area contributed by atoms with Gasteiger partial charge in [-0.3, -0.25) is 33.6 Å². The van der Waals surface area contributed by atoms with Gasteiger partial charge in [0.1, 0.15) is 83.4 Å². The number of fused-ring (bicyclic) bond motifs is 15. The summed E-state index contributed by atoms with van der Waals surface area (Å²) in [4.78, 5) is 122. The molecule has 7 aliphatic heterocycles. The van der Waals surface area contributed by atoms with Crippen LogP contribution < -0.4 is 62.5 Å². The Kier molecular flexibility index (Phi) is 26.8. The minimum atomic E-state index is -2.38. The number of carbonyl (C=O) groups excluding carboxylic acids is 7. The zero-order chi connectivity index (χ0) is 88.3.